The molecular formula is C15H19BrN+. The molecule has 1 heterocycles. The Morgan fingerprint density at radius 1 is 1.29 bits per heavy atom. The molecule has 0 saturated heterocycles. The van der Waals surface area contributed by atoms with E-state index in [1.54, 1.807) is 0 Å². The molecule has 0 aliphatic carbocycles. The van der Waals surface area contributed by atoms with Crippen LogP contribution in [0.25, 0.3) is 0 Å². The average molecular weight is 293 g/mol. The monoisotopic (exact) mass is 292 g/mol. The predicted octanol–water partition coefficient (Wildman–Crippen LogP) is 3.13. The molecule has 0 fully saturated rings. The number of fused-ring (bicyclic) bond motifs is 1. The molecule has 0 bridgehead atoms. The highest BCUT2D eigenvalue weighted by Gasteiger charge is 2.29. The summed E-state index contributed by atoms with van der Waals surface area (Å²) >= 11 is 3.67. The van der Waals surface area contributed by atoms with E-state index < -0.39 is 0 Å². The highest BCUT2D eigenvalue weighted by atomic mass is 79.9. The number of nitrogens with two attached hydrogens (primary N) is 1. The Morgan fingerprint density at radius 2 is 2.06 bits per heavy atom. The minimum absolute atomic E-state index is 0.513. The van der Waals surface area contributed by atoms with Crippen LogP contribution in [-0.2, 0) is 6.42 Å². The van der Waals surface area contributed by atoms with Crippen molar-refractivity contribution in [2.24, 2.45) is 0 Å². The Morgan fingerprint density at radius 3 is 2.76 bits per heavy atom. The molecule has 1 aliphatic heterocycles. The minimum Gasteiger partial charge on any atom is -0.337 e. The Bertz CT molecular complexity index is 425. The van der Waals surface area contributed by atoms with Gasteiger partial charge in [0.25, 0.3) is 0 Å². The molecular weight excluding hydrogens is 274 g/mol. The van der Waals surface area contributed by atoms with Gasteiger partial charge in [-0.2, -0.15) is 0 Å². The van der Waals surface area contributed by atoms with Crippen molar-refractivity contribution in [1.29, 1.82) is 0 Å². The van der Waals surface area contributed by atoms with Gasteiger partial charge in [0.2, 0.25) is 0 Å². The Labute approximate surface area is 112 Å². The fourth-order valence-corrected chi connectivity index (χ4v) is 3.20. The van der Waals surface area contributed by atoms with E-state index in [0.717, 1.165) is 19.3 Å². The van der Waals surface area contributed by atoms with Crippen LogP contribution in [0, 0.1) is 0 Å². The van der Waals surface area contributed by atoms with Crippen LogP contribution in [0.5, 0.6) is 0 Å². The third-order valence-electron chi connectivity index (χ3n) is 3.42. The third-order valence-corrected chi connectivity index (χ3v) is 4.16. The molecule has 17 heavy (non-hydrogen) atoms. The topological polar surface area (TPSA) is 16.6 Å². The maximum Gasteiger partial charge on any atom is 0.116 e. The van der Waals surface area contributed by atoms with E-state index in [2.05, 4.69) is 52.6 Å². The lowest BCUT2D eigenvalue weighted by Gasteiger charge is -2.29. The van der Waals surface area contributed by atoms with Crippen LogP contribution in [0.15, 0.2) is 48.0 Å². The Kier molecular flexibility index (Phi) is 4.19. The van der Waals surface area contributed by atoms with Crippen LogP contribution < -0.4 is 5.32 Å². The SMILES string of the molecule is C=CC[C@H]1Cc2c(Br)cccc2[C@H](CC=C)[NH2+]1. The summed E-state index contributed by atoms with van der Waals surface area (Å²) < 4.78 is 1.24. The molecule has 0 radical (unpaired) electrons. The van der Waals surface area contributed by atoms with Gasteiger partial charge in [-0.05, 0) is 11.6 Å². The molecule has 1 aromatic carbocycles. The van der Waals surface area contributed by atoms with Crippen LogP contribution in [0.1, 0.15) is 30.0 Å². The first kappa shape index (κ1) is 12.6. The van der Waals surface area contributed by atoms with Crippen LogP contribution in [0.4, 0.5) is 0 Å². The van der Waals surface area contributed by atoms with Gasteiger partial charge in [0.1, 0.15) is 6.04 Å². The summed E-state index contributed by atoms with van der Waals surface area (Å²) in [6.45, 7) is 7.72. The minimum atomic E-state index is 0.513. The Balaban J connectivity index is 2.34. The maximum absolute atomic E-state index is 3.87. The normalized spacial score (nSPS) is 22.9. The van der Waals surface area contributed by atoms with Crippen molar-refractivity contribution in [2.75, 3.05) is 0 Å². The fraction of sp³-hybridized carbons (Fsp3) is 0.333. The van der Waals surface area contributed by atoms with Gasteiger partial charge in [-0.15, -0.1) is 13.2 Å². The molecule has 90 valence electrons. The lowest BCUT2D eigenvalue weighted by molar-refractivity contribution is -0.730. The van der Waals surface area contributed by atoms with E-state index in [-0.39, 0.29) is 0 Å². The molecule has 0 aromatic heterocycles. The maximum atomic E-state index is 3.87. The summed E-state index contributed by atoms with van der Waals surface area (Å²) in [4.78, 5) is 0. The smallest absolute Gasteiger partial charge is 0.116 e. The highest BCUT2D eigenvalue weighted by molar-refractivity contribution is 9.10. The quantitative estimate of drug-likeness (QED) is 0.821. The fourth-order valence-electron chi connectivity index (χ4n) is 2.66. The lowest BCUT2D eigenvalue weighted by Crippen LogP contribution is -2.92. The van der Waals surface area contributed by atoms with Gasteiger partial charge < -0.3 is 5.32 Å². The molecule has 2 rings (SSSR count). The largest absolute Gasteiger partial charge is 0.337 e. The number of halogens is 1. The number of hydrogen-bond acceptors (Lipinski definition) is 0. The average Bonchev–Trinajstić information content (AvgIpc) is 2.31. The van der Waals surface area contributed by atoms with E-state index in [1.807, 2.05) is 12.2 Å². The van der Waals surface area contributed by atoms with E-state index in [4.69, 9.17) is 0 Å². The summed E-state index contributed by atoms with van der Waals surface area (Å²) in [6, 6.07) is 7.64. The Hall–Kier alpha value is -0.860. The van der Waals surface area contributed by atoms with Crippen molar-refractivity contribution in [3.63, 3.8) is 0 Å². The molecule has 0 amide bonds. The standard InChI is InChI=1S/C15H18BrN/c1-3-6-11-10-13-12(8-5-9-14(13)16)15(17-11)7-4-2/h3-5,8-9,11,15,17H,1-2,6-7,10H2/p+1/t11-,15-/m0/s1. The van der Waals surface area contributed by atoms with Crippen LogP contribution in [-0.4, -0.2) is 6.04 Å². The molecule has 2 heteroatoms. The first-order valence-corrected chi connectivity index (χ1v) is 6.89. The molecule has 0 spiro atoms. The zero-order valence-corrected chi connectivity index (χ0v) is 11.6. The summed E-state index contributed by atoms with van der Waals surface area (Å²) in [5, 5.41) is 2.47. The number of rotatable bonds is 4. The zero-order valence-electron chi connectivity index (χ0n) is 10.0. The van der Waals surface area contributed by atoms with Gasteiger partial charge in [0, 0.05) is 29.3 Å². The van der Waals surface area contributed by atoms with Gasteiger partial charge in [-0.3, -0.25) is 0 Å². The van der Waals surface area contributed by atoms with Gasteiger partial charge in [-0.1, -0.05) is 40.2 Å². The second-order valence-electron chi connectivity index (χ2n) is 4.62. The van der Waals surface area contributed by atoms with Gasteiger partial charge in [-0.25, -0.2) is 0 Å². The first-order valence-electron chi connectivity index (χ1n) is 6.10. The zero-order chi connectivity index (χ0) is 12.3. The highest BCUT2D eigenvalue weighted by Crippen LogP contribution is 2.29. The van der Waals surface area contributed by atoms with Crippen molar-refractivity contribution >= 4 is 15.9 Å². The van der Waals surface area contributed by atoms with Gasteiger partial charge in [0.15, 0.2) is 0 Å². The van der Waals surface area contributed by atoms with Crippen molar-refractivity contribution < 1.29 is 5.32 Å². The predicted molar refractivity (Wildman–Crippen MR) is 75.9 cm³/mol. The molecule has 2 N–H and O–H groups in total. The molecule has 1 aliphatic rings. The van der Waals surface area contributed by atoms with Crippen molar-refractivity contribution in [3.8, 4) is 0 Å². The lowest BCUT2D eigenvalue weighted by atomic mass is 9.87. The number of benzene rings is 1. The number of hydrogen-bond donors (Lipinski definition) is 1. The van der Waals surface area contributed by atoms with Crippen molar-refractivity contribution in [3.05, 3.63) is 59.1 Å². The van der Waals surface area contributed by atoms with Crippen LogP contribution in [0.2, 0.25) is 0 Å². The molecule has 0 saturated carbocycles. The van der Waals surface area contributed by atoms with E-state index in [9.17, 15) is 0 Å². The second kappa shape index (κ2) is 5.65. The van der Waals surface area contributed by atoms with Crippen LogP contribution in [0.3, 0.4) is 0 Å². The molecule has 0 unspecified atom stereocenters. The van der Waals surface area contributed by atoms with E-state index in [0.29, 0.717) is 12.1 Å². The van der Waals surface area contributed by atoms with E-state index >= 15 is 0 Å². The van der Waals surface area contributed by atoms with Crippen molar-refractivity contribution in [1.82, 2.24) is 0 Å². The summed E-state index contributed by atoms with van der Waals surface area (Å²) in [6.07, 6.45) is 7.25. The summed E-state index contributed by atoms with van der Waals surface area (Å²) in [5.41, 5.74) is 2.92. The van der Waals surface area contributed by atoms with Gasteiger partial charge in [0.05, 0.1) is 6.04 Å². The summed E-state index contributed by atoms with van der Waals surface area (Å²) in [5.74, 6) is 0. The first-order chi connectivity index (χ1) is 8.26. The third kappa shape index (κ3) is 2.70. The van der Waals surface area contributed by atoms with Gasteiger partial charge >= 0.3 is 0 Å². The molecule has 1 aromatic rings. The second-order valence-corrected chi connectivity index (χ2v) is 5.47. The molecule has 2 atom stereocenters. The summed E-state index contributed by atoms with van der Waals surface area (Å²) in [7, 11) is 0. The van der Waals surface area contributed by atoms with Crippen LogP contribution >= 0.6 is 15.9 Å². The molecule has 1 nitrogen and oxygen atoms in total. The van der Waals surface area contributed by atoms with E-state index in [1.165, 1.54) is 15.6 Å². The van der Waals surface area contributed by atoms with Crippen molar-refractivity contribution in [2.45, 2.75) is 31.3 Å². The number of quaternary nitrogens is 1.